The van der Waals surface area contributed by atoms with Crippen LogP contribution in [0, 0.1) is 12.2 Å². The standard InChI is InChI=1S/C7H10F2N/c8-6-3-5-1-2-10(4-5)7(6)9/h5-6H,1-4H2. The number of rotatable bonds is 0. The van der Waals surface area contributed by atoms with E-state index in [4.69, 9.17) is 0 Å². The number of nitrogens with zero attached hydrogens (tertiary/aromatic N) is 1. The Morgan fingerprint density at radius 3 is 3.10 bits per heavy atom. The van der Waals surface area contributed by atoms with Crippen LogP contribution in [0.25, 0.3) is 0 Å². The van der Waals surface area contributed by atoms with Gasteiger partial charge in [-0.15, -0.1) is 0 Å². The van der Waals surface area contributed by atoms with Crippen molar-refractivity contribution in [1.29, 1.82) is 0 Å². The van der Waals surface area contributed by atoms with Crippen LogP contribution in [0.15, 0.2) is 0 Å². The van der Waals surface area contributed by atoms with Crippen LogP contribution in [0.3, 0.4) is 0 Å². The van der Waals surface area contributed by atoms with Crippen LogP contribution in [-0.2, 0) is 0 Å². The van der Waals surface area contributed by atoms with Gasteiger partial charge in [0, 0.05) is 13.1 Å². The maximum atomic E-state index is 12.7. The van der Waals surface area contributed by atoms with Crippen LogP contribution in [0.5, 0.6) is 0 Å². The first-order valence-electron chi connectivity index (χ1n) is 3.68. The van der Waals surface area contributed by atoms with E-state index in [1.165, 1.54) is 4.90 Å². The van der Waals surface area contributed by atoms with E-state index in [0.29, 0.717) is 12.3 Å². The number of fused-ring (bicyclic) bond motifs is 2. The topological polar surface area (TPSA) is 3.24 Å². The summed E-state index contributed by atoms with van der Waals surface area (Å²) in [5.41, 5.74) is 0. The molecule has 2 aliphatic rings. The van der Waals surface area contributed by atoms with Gasteiger partial charge in [0.1, 0.15) is 0 Å². The molecule has 0 aromatic rings. The fourth-order valence-electron chi connectivity index (χ4n) is 1.81. The monoisotopic (exact) mass is 146 g/mol. The second-order valence-corrected chi connectivity index (χ2v) is 3.13. The normalized spacial score (nSPS) is 48.0. The maximum absolute atomic E-state index is 12.7. The van der Waals surface area contributed by atoms with Crippen LogP contribution in [0.1, 0.15) is 12.8 Å². The lowest BCUT2D eigenvalue weighted by molar-refractivity contribution is 0.0855. The van der Waals surface area contributed by atoms with Gasteiger partial charge in [0.25, 0.3) is 0 Å². The number of alkyl halides is 1. The van der Waals surface area contributed by atoms with Gasteiger partial charge < -0.3 is 0 Å². The zero-order valence-electron chi connectivity index (χ0n) is 5.69. The third kappa shape index (κ3) is 0.839. The molecule has 2 rings (SSSR count). The average Bonchev–Trinajstić information content (AvgIpc) is 2.29. The molecule has 0 N–H and O–H groups in total. The molecule has 0 saturated carbocycles. The SMILES string of the molecule is F[C]1C(F)CC2CCN1C2. The van der Waals surface area contributed by atoms with Crippen LogP contribution in [0.4, 0.5) is 8.78 Å². The molecule has 10 heavy (non-hydrogen) atoms. The predicted molar refractivity (Wildman–Crippen MR) is 33.5 cm³/mol. The van der Waals surface area contributed by atoms with Crippen molar-refractivity contribution in [2.24, 2.45) is 5.92 Å². The molecule has 1 nitrogen and oxygen atoms in total. The Bertz CT molecular complexity index is 140. The second kappa shape index (κ2) is 2.16. The highest BCUT2D eigenvalue weighted by Crippen LogP contribution is 2.37. The Kier molecular flexibility index (Phi) is 1.41. The second-order valence-electron chi connectivity index (χ2n) is 3.13. The third-order valence-electron chi connectivity index (χ3n) is 2.39. The van der Waals surface area contributed by atoms with Gasteiger partial charge >= 0.3 is 0 Å². The van der Waals surface area contributed by atoms with Gasteiger partial charge in [-0.2, -0.15) is 0 Å². The molecular formula is C7H10F2N. The molecule has 3 heteroatoms. The van der Waals surface area contributed by atoms with E-state index in [-0.39, 0.29) is 0 Å². The Labute approximate surface area is 59.0 Å². The minimum Gasteiger partial charge on any atom is -0.265 e. The first-order chi connectivity index (χ1) is 4.77. The van der Waals surface area contributed by atoms with Crippen molar-refractivity contribution in [3.8, 4) is 0 Å². The van der Waals surface area contributed by atoms with Gasteiger partial charge in [-0.25, -0.2) is 8.78 Å². The number of hydrogen-bond donors (Lipinski definition) is 0. The van der Waals surface area contributed by atoms with E-state index in [2.05, 4.69) is 0 Å². The fourth-order valence-corrected chi connectivity index (χ4v) is 1.81. The maximum Gasteiger partial charge on any atom is 0.246 e. The number of hydrogen-bond acceptors (Lipinski definition) is 1. The lowest BCUT2D eigenvalue weighted by Crippen LogP contribution is -2.35. The number of piperidine rings is 1. The van der Waals surface area contributed by atoms with Gasteiger partial charge in [-0.05, 0) is 18.8 Å². The highest BCUT2D eigenvalue weighted by molar-refractivity contribution is 4.98. The third-order valence-corrected chi connectivity index (χ3v) is 2.39. The average molecular weight is 146 g/mol. The highest BCUT2D eigenvalue weighted by atomic mass is 19.2. The largest absolute Gasteiger partial charge is 0.265 e. The Morgan fingerprint density at radius 1 is 1.50 bits per heavy atom. The first-order valence-corrected chi connectivity index (χ1v) is 3.68. The van der Waals surface area contributed by atoms with Gasteiger partial charge in [0.05, 0.1) is 0 Å². The van der Waals surface area contributed by atoms with Gasteiger partial charge in [0.15, 0.2) is 6.17 Å². The van der Waals surface area contributed by atoms with Gasteiger partial charge in [-0.1, -0.05) is 0 Å². The van der Waals surface area contributed by atoms with Crippen molar-refractivity contribution in [1.82, 2.24) is 4.90 Å². The van der Waals surface area contributed by atoms with Crippen LogP contribution in [-0.4, -0.2) is 24.2 Å². The molecule has 2 heterocycles. The lowest BCUT2D eigenvalue weighted by Gasteiger charge is -2.27. The summed E-state index contributed by atoms with van der Waals surface area (Å²) in [5, 5.41) is 0. The molecule has 3 atom stereocenters. The van der Waals surface area contributed by atoms with Crippen molar-refractivity contribution in [2.75, 3.05) is 13.1 Å². The van der Waals surface area contributed by atoms with Crippen LogP contribution < -0.4 is 0 Å². The molecule has 2 fully saturated rings. The van der Waals surface area contributed by atoms with E-state index in [0.717, 1.165) is 19.5 Å². The quantitative estimate of drug-likeness (QED) is 0.468. The molecule has 3 unspecified atom stereocenters. The molecule has 0 aromatic heterocycles. The van der Waals surface area contributed by atoms with Crippen molar-refractivity contribution in [3.63, 3.8) is 0 Å². The van der Waals surface area contributed by atoms with Crippen molar-refractivity contribution in [3.05, 3.63) is 6.30 Å². The summed E-state index contributed by atoms with van der Waals surface area (Å²) in [4.78, 5) is 1.53. The summed E-state index contributed by atoms with van der Waals surface area (Å²) in [6, 6.07) is 0. The van der Waals surface area contributed by atoms with Crippen molar-refractivity contribution >= 4 is 0 Å². The number of halogens is 2. The molecule has 57 valence electrons. The van der Waals surface area contributed by atoms with Crippen LogP contribution in [0.2, 0.25) is 0 Å². The van der Waals surface area contributed by atoms with E-state index in [9.17, 15) is 8.78 Å². The molecule has 0 amide bonds. The summed E-state index contributed by atoms with van der Waals surface area (Å²) < 4.78 is 25.4. The predicted octanol–water partition coefficient (Wildman–Crippen LogP) is 1.51. The van der Waals surface area contributed by atoms with Gasteiger partial charge in [0.2, 0.25) is 6.30 Å². The molecule has 2 aliphatic heterocycles. The van der Waals surface area contributed by atoms with Crippen molar-refractivity contribution < 1.29 is 8.78 Å². The summed E-state index contributed by atoms with van der Waals surface area (Å²) >= 11 is 0. The minimum atomic E-state index is -1.30. The fraction of sp³-hybridized carbons (Fsp3) is 0.857. The Morgan fingerprint density at radius 2 is 2.30 bits per heavy atom. The molecule has 0 aliphatic carbocycles. The molecule has 1 radical (unpaired) electrons. The summed E-state index contributed by atoms with van der Waals surface area (Å²) in [6.07, 6.45) is -0.467. The molecular weight excluding hydrogens is 136 g/mol. The molecule has 2 bridgehead atoms. The lowest BCUT2D eigenvalue weighted by atomic mass is 9.99. The molecule has 2 saturated heterocycles. The van der Waals surface area contributed by atoms with E-state index in [1.54, 1.807) is 0 Å². The van der Waals surface area contributed by atoms with Crippen molar-refractivity contribution in [2.45, 2.75) is 19.0 Å². The minimum absolute atomic E-state index is 0.405. The smallest absolute Gasteiger partial charge is 0.246 e. The Balaban J connectivity index is 2.09. The van der Waals surface area contributed by atoms with Crippen LogP contribution >= 0.6 is 0 Å². The zero-order valence-corrected chi connectivity index (χ0v) is 5.69. The van der Waals surface area contributed by atoms with E-state index < -0.39 is 12.5 Å². The summed E-state index contributed by atoms with van der Waals surface area (Å²) in [5.74, 6) is 0.412. The van der Waals surface area contributed by atoms with E-state index in [1.807, 2.05) is 0 Å². The summed E-state index contributed by atoms with van der Waals surface area (Å²) in [6.45, 7) is 1.46. The molecule has 0 aromatic carbocycles. The zero-order chi connectivity index (χ0) is 7.14. The van der Waals surface area contributed by atoms with E-state index >= 15 is 0 Å². The molecule has 0 spiro atoms. The first kappa shape index (κ1) is 6.53. The highest BCUT2D eigenvalue weighted by Gasteiger charge is 2.41. The summed E-state index contributed by atoms with van der Waals surface area (Å²) in [7, 11) is 0. The van der Waals surface area contributed by atoms with Gasteiger partial charge in [-0.3, -0.25) is 4.90 Å². The Hall–Kier alpha value is -0.180.